The molecule has 40 nitrogen and oxygen atoms in total. The number of primary amides is 1. The lowest BCUT2D eigenvalue weighted by molar-refractivity contribution is -0.384. The van der Waals surface area contributed by atoms with E-state index >= 15 is 14.4 Å². The van der Waals surface area contributed by atoms with E-state index < -0.39 is 272 Å². The highest BCUT2D eigenvalue weighted by Gasteiger charge is 2.52. The number of alkyl halides is 2. The number of aliphatic hydroxyl groups excluding tert-OH is 8. The second-order valence-corrected chi connectivity index (χ2v) is 31.5. The Morgan fingerprint density at radius 1 is 0.711 bits per heavy atom. The molecule has 44 heteroatoms. The molecule has 0 aliphatic carbocycles. The summed E-state index contributed by atoms with van der Waals surface area (Å²) in [6.45, 7) is 5.11. The van der Waals surface area contributed by atoms with Gasteiger partial charge in [0.15, 0.2) is 34.8 Å². The first-order valence-corrected chi connectivity index (χ1v) is 38.7. The van der Waals surface area contributed by atoms with Crippen LogP contribution in [0.4, 0.5) is 5.69 Å². The van der Waals surface area contributed by atoms with Crippen LogP contribution in [0.5, 0.6) is 46.0 Å². The zero-order valence-electron chi connectivity index (χ0n) is 64.4. The van der Waals surface area contributed by atoms with Crippen LogP contribution < -0.4 is 68.2 Å². The number of benzene rings is 6. The van der Waals surface area contributed by atoms with Crippen molar-refractivity contribution < 1.29 is 138 Å². The molecule has 7 aliphatic rings. The number of nitro groups is 1. The van der Waals surface area contributed by atoms with E-state index in [1.54, 1.807) is 0 Å². The van der Waals surface area contributed by atoms with Crippen LogP contribution in [0, 0.1) is 16.0 Å². The number of nitrogens with two attached hydrogens (primary N) is 2. The highest BCUT2D eigenvalue weighted by atomic mass is 35.5. The van der Waals surface area contributed by atoms with Crippen molar-refractivity contribution in [1.82, 2.24) is 42.5 Å². The van der Waals surface area contributed by atoms with Crippen molar-refractivity contribution in [2.45, 2.75) is 173 Å². The quantitative estimate of drug-likeness (QED) is 0.0306. The summed E-state index contributed by atoms with van der Waals surface area (Å²) in [5.41, 5.74) is 8.17. The van der Waals surface area contributed by atoms with Crippen LogP contribution in [0.1, 0.15) is 117 Å². The number of carbonyl (C=O) groups is 9. The van der Waals surface area contributed by atoms with E-state index in [1.165, 1.54) is 57.3 Å². The van der Waals surface area contributed by atoms with Crippen molar-refractivity contribution >= 4 is 105 Å². The molecule has 24 N–H and O–H groups in total. The van der Waals surface area contributed by atoms with Gasteiger partial charge >= 0.3 is 5.97 Å². The number of aliphatic carboxylic acids is 1. The van der Waals surface area contributed by atoms with Gasteiger partial charge in [-0.3, -0.25) is 48.5 Å². The summed E-state index contributed by atoms with van der Waals surface area (Å²) in [4.78, 5) is 137. The number of carbonyl (C=O) groups excluding carboxylic acids is 8. The highest BCUT2D eigenvalue weighted by molar-refractivity contribution is 6.53. The number of nitro benzene ring substituents is 1. The molecule has 20 atom stereocenters. The minimum absolute atomic E-state index is 0.0975. The van der Waals surface area contributed by atoms with Gasteiger partial charge in [-0.05, 0) is 128 Å². The Labute approximate surface area is 706 Å². The number of ether oxygens (including phenoxy) is 6. The number of amides is 8. The molecule has 121 heavy (non-hydrogen) atoms. The lowest BCUT2D eigenvalue weighted by Gasteiger charge is -2.47. The Balaban J connectivity index is 0.000000673. The number of aliphatic hydroxyl groups is 8. The predicted octanol–water partition coefficient (Wildman–Crippen LogP) is 1.02. The number of hydrogen-bond acceptors (Lipinski definition) is 30. The number of aromatic hydroxyl groups is 3. The fourth-order valence-corrected chi connectivity index (χ4v) is 14.6. The molecule has 7 aliphatic heterocycles. The summed E-state index contributed by atoms with van der Waals surface area (Å²) in [5.74, 6) is -16.7. The van der Waals surface area contributed by atoms with Crippen LogP contribution >= 0.6 is 46.4 Å². The van der Waals surface area contributed by atoms with E-state index in [1.807, 2.05) is 13.8 Å². The van der Waals surface area contributed by atoms with Gasteiger partial charge in [-0.25, -0.2) is 4.79 Å². The lowest BCUT2D eigenvalue weighted by atomic mass is 9.86. The summed E-state index contributed by atoms with van der Waals surface area (Å²) < 4.78 is 38.3. The number of carboxylic acid groups (broad SMARTS) is 1. The molecule has 13 rings (SSSR count). The minimum Gasteiger partial charge on any atom is -0.508 e. The summed E-state index contributed by atoms with van der Waals surface area (Å²) in [6.07, 6.45) is -19.8. The topological polar surface area (TPSA) is 643 Å². The van der Waals surface area contributed by atoms with Crippen molar-refractivity contribution in [2.24, 2.45) is 17.4 Å². The normalized spacial score (nSPS) is 26.9. The number of halogens is 4. The average molecular weight is 1770 g/mol. The number of non-ortho nitro benzene ring substituents is 1. The second kappa shape index (κ2) is 39.1. The maximum Gasteiger partial charge on any atom is 0.330 e. The first-order valence-electron chi connectivity index (χ1n) is 37.1. The van der Waals surface area contributed by atoms with Crippen molar-refractivity contribution in [3.05, 3.63) is 157 Å². The standard InChI is InChI=1S/C66H75Cl2N9O24.C11H12Cl2N2O5/c1-23(2)12-34(71-5)58(88)76-49-51(83)26-7-10-38(32(67)14-26)97-40-16-28-17-41(55(40)101-65-56(54(86)53(85)42(22-78)99-65)100-44-21-66(4,70)57(87)24(3)96-44)98-39-11-8-27(15-33(39)68)52(84)50-63(93)75-48(64(94)95)31-18-29(79)19-37(81)45(31)30-13-25(6-9-36(30)80)46(60(90)77-50)74-61(91)47(28)73-59(89)35(20-43(69)82)72-62(49)92;12-10(13)11(18)14-8(5-16)9(17)6-1-3-7(4-2-6)15(19)20/h6-11,13-19,23-24,34-35,42,44,46-54,56-57,65,71,78-81,83-87H,12,20-22,70H2,1-5H3,(H2,69,82)(H,72,92)(H,73,89)(H,74,91)(H,75,93)(H,76,88)(H,77,90)(H,94,95);1-4,8-10,16-17H,5H2,(H,14,18)/t24-,34+,35-,42+,44-,46+,47+,48+,49+,50-,51+,52+,53+,54-,56+,57?,65-,66-;8-,9-/m01/s1. The third-order valence-corrected chi connectivity index (χ3v) is 21.3. The van der Waals surface area contributed by atoms with Gasteiger partial charge in [-0.15, -0.1) is 0 Å². The van der Waals surface area contributed by atoms with Gasteiger partial charge in [0.05, 0.1) is 58.9 Å². The Hall–Kier alpha value is -10.6. The molecule has 2 saturated heterocycles. The van der Waals surface area contributed by atoms with E-state index in [-0.39, 0.29) is 51.9 Å². The summed E-state index contributed by atoms with van der Waals surface area (Å²) in [5, 5.41) is 162. The molecular weight excluding hydrogens is 1680 g/mol. The van der Waals surface area contributed by atoms with Gasteiger partial charge in [0.2, 0.25) is 53.4 Å². The Morgan fingerprint density at radius 3 is 1.86 bits per heavy atom. The van der Waals surface area contributed by atoms with Crippen LogP contribution in [0.15, 0.2) is 103 Å². The number of nitrogens with zero attached hydrogens (tertiary/aromatic N) is 1. The van der Waals surface area contributed by atoms with Gasteiger partial charge in [0, 0.05) is 46.8 Å². The third-order valence-electron chi connectivity index (χ3n) is 20.3. The number of fused-ring (bicyclic) bond motifs is 15. The molecular formula is C77H87Cl4N11O29. The smallest absolute Gasteiger partial charge is 0.330 e. The molecule has 652 valence electrons. The van der Waals surface area contributed by atoms with Crippen molar-refractivity contribution in [2.75, 3.05) is 20.3 Å². The fourth-order valence-electron chi connectivity index (χ4n) is 14.0. The molecule has 6 aromatic carbocycles. The number of hydrogen-bond donors (Lipinski definition) is 22. The van der Waals surface area contributed by atoms with Crippen LogP contribution in [0.3, 0.4) is 0 Å². The number of phenols is 3. The SMILES string of the molecule is CN[C@H](CC(C)C)C(=O)N[C@H]1C(=O)N[C@@H](CC(N)=O)C(=O)N[C@H]2C(=O)N[C@H]3C(=O)N[C@H](C(=O)N[C@@H](C(=O)O)c4cc(O)cc(O)c4-c4cc3ccc4O)[C@H](O)c3ccc(c(Cl)c3)Oc3cc2cc(c3O[C@@H]2O[C@H](CO)[C@@H](O)[C@H](O)[C@H]2O[C@H]2C[C@](C)(N)C(O)[C@H](C)O2)Oc2ccc(cc2Cl)[C@H]1O.O=C(N[C@H](CO)[C@H](O)c1ccc([N+](=O)[O-])cc1)C(Cl)Cl. The lowest BCUT2D eigenvalue weighted by Crippen LogP contribution is -2.64. The molecule has 7 heterocycles. The minimum atomic E-state index is -2.35. The molecule has 2 fully saturated rings. The van der Waals surface area contributed by atoms with Crippen LogP contribution in [0.25, 0.3) is 11.1 Å². The molecule has 6 aromatic rings. The molecule has 0 aromatic heterocycles. The molecule has 0 saturated carbocycles. The van der Waals surface area contributed by atoms with Gasteiger partial charge in [-0.2, -0.15) is 0 Å². The van der Waals surface area contributed by atoms with Crippen molar-refractivity contribution in [3.8, 4) is 57.1 Å². The maximum atomic E-state index is 16.0. The first kappa shape index (κ1) is 92.7. The van der Waals surface area contributed by atoms with E-state index in [4.69, 9.17) is 91.4 Å². The van der Waals surface area contributed by atoms with Crippen molar-refractivity contribution in [3.63, 3.8) is 0 Å². The second-order valence-electron chi connectivity index (χ2n) is 29.6. The molecule has 0 radical (unpaired) electrons. The van der Waals surface area contributed by atoms with Crippen LogP contribution in [-0.2, 0) is 57.4 Å². The Bertz CT molecular complexity index is 4920. The molecule has 1 unspecified atom stereocenters. The Kier molecular flexibility index (Phi) is 29.9. The molecule has 0 spiro atoms. The number of likely N-dealkylation sites (N-methyl/N-ethyl adjacent to an activating group) is 1. The largest absolute Gasteiger partial charge is 0.508 e. The summed E-state index contributed by atoms with van der Waals surface area (Å²) >= 11 is 24.8. The van der Waals surface area contributed by atoms with E-state index in [0.717, 1.165) is 66.7 Å². The van der Waals surface area contributed by atoms with Gasteiger partial charge in [-0.1, -0.05) is 78.5 Å². The zero-order chi connectivity index (χ0) is 88.8. The van der Waals surface area contributed by atoms with E-state index in [9.17, 15) is 95.1 Å². The van der Waals surface area contributed by atoms with Gasteiger partial charge < -0.3 is 144 Å². The van der Waals surface area contributed by atoms with Crippen LogP contribution in [-0.4, -0.2) is 229 Å². The molecule has 11 bridgehead atoms. The van der Waals surface area contributed by atoms with Gasteiger partial charge in [0.1, 0.15) is 95.6 Å². The van der Waals surface area contributed by atoms with E-state index in [0.29, 0.717) is 5.56 Å². The van der Waals surface area contributed by atoms with E-state index in [2.05, 4.69) is 42.5 Å². The monoisotopic (exact) mass is 1770 g/mol. The highest BCUT2D eigenvalue weighted by Crippen LogP contribution is 2.50. The predicted molar refractivity (Wildman–Crippen MR) is 422 cm³/mol. The number of carboxylic acids is 1. The van der Waals surface area contributed by atoms with Crippen molar-refractivity contribution in [1.29, 1.82) is 0 Å². The summed E-state index contributed by atoms with van der Waals surface area (Å²) in [6, 6.07) is 3.38. The Morgan fingerprint density at radius 2 is 1.31 bits per heavy atom. The molecule has 8 amide bonds. The van der Waals surface area contributed by atoms with Gasteiger partial charge in [0.25, 0.3) is 11.6 Å². The average Bonchev–Trinajstić information content (AvgIpc) is 0.766. The maximum absolute atomic E-state index is 16.0. The summed E-state index contributed by atoms with van der Waals surface area (Å²) in [7, 11) is 1.47. The number of phenolic OH excluding ortho intramolecular Hbond substituents is 3. The zero-order valence-corrected chi connectivity index (χ0v) is 67.4. The van der Waals surface area contributed by atoms with Crippen LogP contribution in [0.2, 0.25) is 10.0 Å². The number of nitrogens with one attached hydrogen (secondary N) is 8. The number of rotatable bonds is 19. The fraction of sp³-hybridized carbons (Fsp3) is 0.416. The first-order chi connectivity index (χ1) is 57.0. The third kappa shape index (κ3) is 21.3.